The minimum atomic E-state index is -2.45. The van der Waals surface area contributed by atoms with Crippen molar-refractivity contribution in [1.82, 2.24) is 10.2 Å². The van der Waals surface area contributed by atoms with Gasteiger partial charge in [0.2, 0.25) is 11.8 Å². The number of likely N-dealkylation sites (tertiary alicyclic amines) is 1. The number of halogens is 2. The molecule has 2 heterocycles. The van der Waals surface area contributed by atoms with Gasteiger partial charge < -0.3 is 15.5 Å². The van der Waals surface area contributed by atoms with Crippen molar-refractivity contribution < 1.29 is 18.4 Å². The van der Waals surface area contributed by atoms with Gasteiger partial charge in [-0.1, -0.05) is 19.3 Å². The maximum atomic E-state index is 13.1. The molecule has 2 saturated heterocycles. The molecule has 1 aromatic rings. The van der Waals surface area contributed by atoms with Crippen LogP contribution in [0.3, 0.4) is 0 Å². The number of piperidine rings is 2. The number of hydrogen-bond acceptors (Lipinski definition) is 5. The first kappa shape index (κ1) is 23.4. The van der Waals surface area contributed by atoms with Gasteiger partial charge in [-0.2, -0.15) is 0 Å². The Kier molecular flexibility index (Phi) is 8.63. The van der Waals surface area contributed by atoms with Crippen LogP contribution in [-0.2, 0) is 9.59 Å². The number of carbonyl (C=O) groups excluding carboxylic acids is 2. The predicted molar refractivity (Wildman–Crippen MR) is 118 cm³/mol. The number of imide groups is 1. The molecule has 2 fully saturated rings. The van der Waals surface area contributed by atoms with Gasteiger partial charge >= 0.3 is 0 Å². The monoisotopic (exact) mass is 436 g/mol. The lowest BCUT2D eigenvalue weighted by atomic mass is 10.1. The summed E-state index contributed by atoms with van der Waals surface area (Å²) in [6.45, 7) is 2.90. The van der Waals surface area contributed by atoms with Crippen LogP contribution in [0.4, 0.5) is 20.2 Å². The van der Waals surface area contributed by atoms with E-state index in [1.807, 2.05) is 24.3 Å². The summed E-state index contributed by atoms with van der Waals surface area (Å²) < 4.78 is 26.3. The van der Waals surface area contributed by atoms with E-state index in [-0.39, 0.29) is 30.7 Å². The van der Waals surface area contributed by atoms with Crippen LogP contribution in [0.2, 0.25) is 0 Å². The molecule has 172 valence electrons. The fourth-order valence-corrected chi connectivity index (χ4v) is 4.04. The van der Waals surface area contributed by atoms with E-state index in [0.29, 0.717) is 25.9 Å². The summed E-state index contributed by atoms with van der Waals surface area (Å²) in [4.78, 5) is 25.2. The Labute approximate surface area is 183 Å². The number of anilines is 2. The zero-order valence-corrected chi connectivity index (χ0v) is 18.1. The van der Waals surface area contributed by atoms with E-state index < -0.39 is 5.92 Å². The molecule has 6 nitrogen and oxygen atoms in total. The Morgan fingerprint density at radius 3 is 2.32 bits per heavy atom. The van der Waals surface area contributed by atoms with Gasteiger partial charge in [0, 0.05) is 50.3 Å². The molecule has 1 aromatic carbocycles. The van der Waals surface area contributed by atoms with E-state index in [1.54, 1.807) is 0 Å². The third-order valence-electron chi connectivity index (χ3n) is 6.03. The highest BCUT2D eigenvalue weighted by atomic mass is 19.3. The molecule has 8 heteroatoms. The molecular formula is C23H34F2N4O2. The molecule has 2 aliphatic heterocycles. The lowest BCUT2D eigenvalue weighted by Crippen LogP contribution is -2.47. The number of rotatable bonds is 11. The summed E-state index contributed by atoms with van der Waals surface area (Å²) in [5, 5.41) is 8.93. The van der Waals surface area contributed by atoms with Gasteiger partial charge in [0.1, 0.15) is 6.04 Å². The molecular weight excluding hydrogens is 402 g/mol. The molecule has 1 unspecified atom stereocenters. The van der Waals surface area contributed by atoms with Crippen LogP contribution in [0.5, 0.6) is 0 Å². The van der Waals surface area contributed by atoms with Gasteiger partial charge in [0.15, 0.2) is 0 Å². The van der Waals surface area contributed by atoms with Crippen LogP contribution in [0.15, 0.2) is 24.3 Å². The summed E-state index contributed by atoms with van der Waals surface area (Å²) in [6, 6.07) is 7.46. The standard InChI is InChI=1S/C23H34F2N4O2/c24-23(25)12-16-29(17-13-23)15-5-3-1-2-4-14-26-18-6-8-19(9-7-18)27-20-10-11-21(30)28-22(20)31/h6-9,20,26-27H,1-5,10-17H2,(H,28,30,31). The van der Waals surface area contributed by atoms with Gasteiger partial charge in [-0.15, -0.1) is 0 Å². The lowest BCUT2D eigenvalue weighted by Gasteiger charge is -2.31. The van der Waals surface area contributed by atoms with E-state index in [9.17, 15) is 18.4 Å². The summed E-state index contributed by atoms with van der Waals surface area (Å²) in [5.74, 6) is -2.93. The molecule has 0 bridgehead atoms. The maximum Gasteiger partial charge on any atom is 0.250 e. The van der Waals surface area contributed by atoms with Gasteiger partial charge in [-0.3, -0.25) is 14.9 Å². The number of nitrogens with zero attached hydrogens (tertiary/aromatic N) is 1. The van der Waals surface area contributed by atoms with Crippen LogP contribution in [0.1, 0.15) is 57.8 Å². The molecule has 2 amide bonds. The molecule has 3 N–H and O–H groups in total. The Balaban J connectivity index is 1.21. The second kappa shape index (κ2) is 11.4. The fraction of sp³-hybridized carbons (Fsp3) is 0.652. The number of unbranched alkanes of at least 4 members (excludes halogenated alkanes) is 4. The maximum absolute atomic E-state index is 13.1. The Hall–Kier alpha value is -2.22. The smallest absolute Gasteiger partial charge is 0.250 e. The van der Waals surface area contributed by atoms with Crippen molar-refractivity contribution in [3.05, 3.63) is 24.3 Å². The lowest BCUT2D eigenvalue weighted by molar-refractivity contribution is -0.133. The second-order valence-corrected chi connectivity index (χ2v) is 8.62. The second-order valence-electron chi connectivity index (χ2n) is 8.62. The molecule has 0 aromatic heterocycles. The van der Waals surface area contributed by atoms with Crippen LogP contribution in [-0.4, -0.2) is 54.9 Å². The van der Waals surface area contributed by atoms with Gasteiger partial charge in [0.25, 0.3) is 5.92 Å². The zero-order chi connectivity index (χ0) is 22.1. The third-order valence-corrected chi connectivity index (χ3v) is 6.03. The highest BCUT2D eigenvalue weighted by Gasteiger charge is 2.33. The predicted octanol–water partition coefficient (Wildman–Crippen LogP) is 4.00. The highest BCUT2D eigenvalue weighted by molar-refractivity contribution is 6.01. The highest BCUT2D eigenvalue weighted by Crippen LogP contribution is 2.27. The van der Waals surface area contributed by atoms with Crippen LogP contribution in [0.25, 0.3) is 0 Å². The van der Waals surface area contributed by atoms with Gasteiger partial charge in [0.05, 0.1) is 0 Å². The average Bonchev–Trinajstić information content (AvgIpc) is 2.74. The fourth-order valence-electron chi connectivity index (χ4n) is 4.04. The average molecular weight is 437 g/mol. The summed E-state index contributed by atoms with van der Waals surface area (Å²) in [7, 11) is 0. The largest absolute Gasteiger partial charge is 0.385 e. The molecule has 31 heavy (non-hydrogen) atoms. The van der Waals surface area contributed by atoms with Crippen molar-refractivity contribution in [3.63, 3.8) is 0 Å². The van der Waals surface area contributed by atoms with Crippen molar-refractivity contribution >= 4 is 23.2 Å². The van der Waals surface area contributed by atoms with Crippen molar-refractivity contribution in [2.24, 2.45) is 0 Å². The van der Waals surface area contributed by atoms with E-state index >= 15 is 0 Å². The van der Waals surface area contributed by atoms with Crippen LogP contribution < -0.4 is 16.0 Å². The first-order chi connectivity index (χ1) is 14.9. The quantitative estimate of drug-likeness (QED) is 0.361. The third kappa shape index (κ3) is 8.09. The molecule has 2 aliphatic rings. The Bertz CT molecular complexity index is 717. The Morgan fingerprint density at radius 1 is 0.968 bits per heavy atom. The van der Waals surface area contributed by atoms with Crippen LogP contribution in [0, 0.1) is 0 Å². The normalized spacial score (nSPS) is 21.5. The summed E-state index contributed by atoms with van der Waals surface area (Å²) in [6.07, 6.45) is 6.53. The summed E-state index contributed by atoms with van der Waals surface area (Å²) >= 11 is 0. The van der Waals surface area contributed by atoms with Crippen LogP contribution >= 0.6 is 0 Å². The minimum absolute atomic E-state index is 0.00658. The zero-order valence-electron chi connectivity index (χ0n) is 18.1. The summed E-state index contributed by atoms with van der Waals surface area (Å²) in [5.41, 5.74) is 1.90. The first-order valence-corrected chi connectivity index (χ1v) is 11.5. The SMILES string of the molecule is O=C1CCC(Nc2ccc(NCCCCCCCN3CCC(F)(F)CC3)cc2)C(=O)N1. The number of hydrogen-bond donors (Lipinski definition) is 3. The molecule has 1 atom stereocenters. The number of benzene rings is 1. The molecule has 3 rings (SSSR count). The Morgan fingerprint density at radius 2 is 1.61 bits per heavy atom. The number of carbonyl (C=O) groups is 2. The van der Waals surface area contributed by atoms with E-state index in [0.717, 1.165) is 50.1 Å². The van der Waals surface area contributed by atoms with Crippen molar-refractivity contribution in [2.45, 2.75) is 69.8 Å². The van der Waals surface area contributed by atoms with E-state index in [1.165, 1.54) is 6.42 Å². The topological polar surface area (TPSA) is 73.5 Å². The molecule has 0 radical (unpaired) electrons. The van der Waals surface area contributed by atoms with Crippen molar-refractivity contribution in [1.29, 1.82) is 0 Å². The van der Waals surface area contributed by atoms with E-state index in [2.05, 4.69) is 20.9 Å². The van der Waals surface area contributed by atoms with Gasteiger partial charge in [-0.05, 0) is 50.1 Å². The van der Waals surface area contributed by atoms with Crippen molar-refractivity contribution in [2.75, 3.05) is 36.8 Å². The van der Waals surface area contributed by atoms with Gasteiger partial charge in [-0.25, -0.2) is 8.78 Å². The molecule has 0 spiro atoms. The molecule has 0 aliphatic carbocycles. The van der Waals surface area contributed by atoms with E-state index in [4.69, 9.17) is 0 Å². The van der Waals surface area contributed by atoms with Crippen molar-refractivity contribution in [3.8, 4) is 0 Å². The minimum Gasteiger partial charge on any atom is -0.385 e. The number of nitrogens with one attached hydrogen (secondary N) is 3. The first-order valence-electron chi connectivity index (χ1n) is 11.5. The number of amides is 2. The number of alkyl halides is 2. The molecule has 0 saturated carbocycles.